The van der Waals surface area contributed by atoms with Crippen LogP contribution in [0.5, 0.6) is 11.5 Å². The molecule has 3 aromatic carbocycles. The van der Waals surface area contributed by atoms with Gasteiger partial charge in [-0.05, 0) is 62.6 Å². The van der Waals surface area contributed by atoms with Gasteiger partial charge in [0, 0.05) is 20.9 Å². The van der Waals surface area contributed by atoms with Crippen molar-refractivity contribution in [3.05, 3.63) is 113 Å². The highest BCUT2D eigenvalue weighted by Gasteiger charge is 2.35. The molecular formula is C35H32BrN3O5S. The van der Waals surface area contributed by atoms with Crippen LogP contribution in [0.15, 0.2) is 86.2 Å². The molecule has 1 atom stereocenters. The highest BCUT2D eigenvalue weighted by molar-refractivity contribution is 9.10. The van der Waals surface area contributed by atoms with Crippen LogP contribution < -0.4 is 24.4 Å². The number of carbonyl (C=O) groups is 1. The standard InChI is InChI=1S/C35H32BrN3O5S/c1-6-43-27-18-25(36)24(16-26(27)42-5)32-29(34(41)44-7-2)20(4)37-35-39(32)33(40)28(45-35)17-23-22-15-11-12-19(3)30(22)38-31(23)21-13-9-8-10-14-21/h8-18,32,38H,6-7H2,1-5H3/b28-17+/t32-/m0/s1. The number of aryl methyl sites for hydroxylation is 1. The summed E-state index contributed by atoms with van der Waals surface area (Å²) >= 11 is 4.98. The normalized spacial score (nSPS) is 14.8. The van der Waals surface area contributed by atoms with Gasteiger partial charge in [-0.3, -0.25) is 9.36 Å². The number of fused-ring (bicyclic) bond motifs is 2. The van der Waals surface area contributed by atoms with Gasteiger partial charge in [0.1, 0.15) is 0 Å². The number of rotatable bonds is 8. The molecule has 0 bridgehead atoms. The molecule has 10 heteroatoms. The van der Waals surface area contributed by atoms with Crippen LogP contribution in [0.25, 0.3) is 28.2 Å². The fraction of sp³-hybridized carbons (Fsp3) is 0.229. The van der Waals surface area contributed by atoms with E-state index in [1.807, 2.05) is 49.4 Å². The number of methoxy groups -OCH3 is 1. The Morgan fingerprint density at radius 3 is 2.56 bits per heavy atom. The van der Waals surface area contributed by atoms with Crippen molar-refractivity contribution in [3.63, 3.8) is 0 Å². The Morgan fingerprint density at radius 2 is 1.84 bits per heavy atom. The predicted molar refractivity (Wildman–Crippen MR) is 181 cm³/mol. The van der Waals surface area contributed by atoms with Crippen molar-refractivity contribution in [2.24, 2.45) is 4.99 Å². The predicted octanol–water partition coefficient (Wildman–Crippen LogP) is 6.42. The summed E-state index contributed by atoms with van der Waals surface area (Å²) in [7, 11) is 1.56. The van der Waals surface area contributed by atoms with Crippen LogP contribution in [0.3, 0.4) is 0 Å². The number of thiazole rings is 1. The van der Waals surface area contributed by atoms with E-state index in [2.05, 4.69) is 40.0 Å². The molecule has 0 fully saturated rings. The number of hydrogen-bond donors (Lipinski definition) is 1. The number of nitrogens with zero attached hydrogens (tertiary/aromatic N) is 2. The number of nitrogens with one attached hydrogen (secondary N) is 1. The van der Waals surface area contributed by atoms with Gasteiger partial charge in [-0.1, -0.05) is 75.8 Å². The van der Waals surface area contributed by atoms with E-state index in [0.29, 0.717) is 43.2 Å². The average Bonchev–Trinajstić information content (AvgIpc) is 3.55. The molecule has 0 amide bonds. The lowest BCUT2D eigenvalue weighted by molar-refractivity contribution is -0.139. The molecule has 8 nitrogen and oxygen atoms in total. The zero-order valence-electron chi connectivity index (χ0n) is 25.6. The number of carbonyl (C=O) groups excluding carboxylic acids is 1. The molecule has 2 aromatic heterocycles. The van der Waals surface area contributed by atoms with Crippen LogP contribution in [-0.4, -0.2) is 35.8 Å². The second-order valence-corrected chi connectivity index (χ2v) is 12.4. The van der Waals surface area contributed by atoms with E-state index in [4.69, 9.17) is 19.2 Å². The van der Waals surface area contributed by atoms with E-state index in [-0.39, 0.29) is 17.7 Å². The summed E-state index contributed by atoms with van der Waals surface area (Å²) in [5.41, 5.74) is 6.11. The third kappa shape index (κ3) is 5.42. The van der Waals surface area contributed by atoms with Crippen molar-refractivity contribution in [3.8, 4) is 22.8 Å². The maximum Gasteiger partial charge on any atom is 0.338 e. The van der Waals surface area contributed by atoms with Crippen molar-refractivity contribution in [2.45, 2.75) is 33.7 Å². The number of hydrogen-bond acceptors (Lipinski definition) is 7. The largest absolute Gasteiger partial charge is 0.493 e. The van der Waals surface area contributed by atoms with Crippen LogP contribution in [-0.2, 0) is 9.53 Å². The average molecular weight is 687 g/mol. The molecular weight excluding hydrogens is 654 g/mol. The molecule has 0 radical (unpaired) electrons. The Kier molecular flexibility index (Phi) is 8.52. The number of halogens is 1. The Hall–Kier alpha value is -4.41. The van der Waals surface area contributed by atoms with E-state index in [9.17, 15) is 9.59 Å². The maximum atomic E-state index is 14.5. The lowest BCUT2D eigenvalue weighted by Crippen LogP contribution is -2.40. The van der Waals surface area contributed by atoms with Gasteiger partial charge in [0.05, 0.1) is 47.9 Å². The molecule has 5 aromatic rings. The summed E-state index contributed by atoms with van der Waals surface area (Å²) in [4.78, 5) is 36.8. The lowest BCUT2D eigenvalue weighted by Gasteiger charge is -2.26. The Balaban J connectivity index is 1.63. The number of aromatic nitrogens is 2. The molecule has 0 saturated carbocycles. The third-order valence-corrected chi connectivity index (χ3v) is 9.48. The highest BCUT2D eigenvalue weighted by atomic mass is 79.9. The van der Waals surface area contributed by atoms with Crippen molar-refractivity contribution in [1.29, 1.82) is 0 Å². The minimum absolute atomic E-state index is 0.183. The van der Waals surface area contributed by atoms with Gasteiger partial charge in [-0.25, -0.2) is 9.79 Å². The highest BCUT2D eigenvalue weighted by Crippen LogP contribution is 2.41. The summed E-state index contributed by atoms with van der Waals surface area (Å²) in [6, 6.07) is 19.0. The summed E-state index contributed by atoms with van der Waals surface area (Å²) in [6.07, 6.45) is 1.93. The quantitative estimate of drug-likeness (QED) is 0.190. The number of H-pyrrole nitrogens is 1. The van der Waals surface area contributed by atoms with Gasteiger partial charge < -0.3 is 19.2 Å². The molecule has 3 heterocycles. The van der Waals surface area contributed by atoms with E-state index >= 15 is 0 Å². The second-order valence-electron chi connectivity index (χ2n) is 10.5. The molecule has 1 aliphatic heterocycles. The number of allylic oxidation sites excluding steroid dienone is 1. The number of para-hydroxylation sites is 1. The van der Waals surface area contributed by atoms with Gasteiger partial charge >= 0.3 is 5.97 Å². The summed E-state index contributed by atoms with van der Waals surface area (Å²) in [5, 5.41) is 1.01. The topological polar surface area (TPSA) is 94.9 Å². The molecule has 0 spiro atoms. The Labute approximate surface area is 272 Å². The van der Waals surface area contributed by atoms with Crippen molar-refractivity contribution >= 4 is 50.2 Å². The monoisotopic (exact) mass is 685 g/mol. The molecule has 0 saturated heterocycles. The summed E-state index contributed by atoms with van der Waals surface area (Å²) < 4.78 is 19.6. The van der Waals surface area contributed by atoms with Crippen LogP contribution in [0.1, 0.15) is 43.5 Å². The zero-order chi connectivity index (χ0) is 31.8. The molecule has 45 heavy (non-hydrogen) atoms. The summed E-state index contributed by atoms with van der Waals surface area (Å²) in [6.45, 7) is 8.11. The number of aromatic amines is 1. The number of esters is 1. The molecule has 0 aliphatic carbocycles. The first kappa shape index (κ1) is 30.6. The van der Waals surface area contributed by atoms with E-state index < -0.39 is 12.0 Å². The van der Waals surface area contributed by atoms with Crippen LogP contribution in [0.4, 0.5) is 0 Å². The first-order chi connectivity index (χ1) is 21.8. The fourth-order valence-electron chi connectivity index (χ4n) is 5.77. The van der Waals surface area contributed by atoms with Gasteiger partial charge in [0.25, 0.3) is 5.56 Å². The van der Waals surface area contributed by atoms with Gasteiger partial charge in [-0.15, -0.1) is 0 Å². The SMILES string of the molecule is CCOC(=O)C1=C(C)N=c2s/c(=C/c3c(-c4ccccc4)[nH]c4c(C)cccc34)c(=O)n2[C@H]1c1cc(OC)c(OCC)cc1Br. The summed E-state index contributed by atoms with van der Waals surface area (Å²) in [5.74, 6) is 0.498. The molecule has 1 N–H and O–H groups in total. The Morgan fingerprint density at radius 1 is 1.07 bits per heavy atom. The molecule has 0 unspecified atom stereocenters. The van der Waals surface area contributed by atoms with Crippen LogP contribution in [0, 0.1) is 6.92 Å². The second kappa shape index (κ2) is 12.5. The van der Waals surface area contributed by atoms with Crippen LogP contribution in [0.2, 0.25) is 0 Å². The van der Waals surface area contributed by atoms with E-state index in [0.717, 1.165) is 33.3 Å². The molecule has 1 aliphatic rings. The maximum absolute atomic E-state index is 14.5. The third-order valence-electron chi connectivity index (χ3n) is 7.81. The number of benzene rings is 3. The molecule has 6 rings (SSSR count). The first-order valence-electron chi connectivity index (χ1n) is 14.6. The first-order valence-corrected chi connectivity index (χ1v) is 16.2. The lowest BCUT2D eigenvalue weighted by atomic mass is 9.95. The van der Waals surface area contributed by atoms with Crippen molar-refractivity contribution < 1.29 is 19.0 Å². The van der Waals surface area contributed by atoms with E-state index in [1.165, 1.54) is 11.3 Å². The van der Waals surface area contributed by atoms with Crippen molar-refractivity contribution in [1.82, 2.24) is 9.55 Å². The molecule has 230 valence electrons. The number of ether oxygens (including phenoxy) is 3. The zero-order valence-corrected chi connectivity index (χ0v) is 28.0. The smallest absolute Gasteiger partial charge is 0.338 e. The van der Waals surface area contributed by atoms with Crippen LogP contribution >= 0.6 is 27.3 Å². The minimum Gasteiger partial charge on any atom is -0.493 e. The fourth-order valence-corrected chi connectivity index (χ4v) is 7.34. The van der Waals surface area contributed by atoms with E-state index in [1.54, 1.807) is 37.7 Å². The minimum atomic E-state index is -0.819. The van der Waals surface area contributed by atoms with Gasteiger partial charge in [-0.2, -0.15) is 0 Å². The van der Waals surface area contributed by atoms with Gasteiger partial charge in [0.2, 0.25) is 0 Å². The Bertz CT molecular complexity index is 2160. The van der Waals surface area contributed by atoms with Crippen molar-refractivity contribution in [2.75, 3.05) is 20.3 Å². The van der Waals surface area contributed by atoms with Gasteiger partial charge in [0.15, 0.2) is 16.3 Å².